The van der Waals surface area contributed by atoms with Crippen molar-refractivity contribution in [2.75, 3.05) is 0 Å². The number of hydrogen-bond donors (Lipinski definition) is 0. The molecule has 0 aliphatic rings. The molecule has 0 spiro atoms. The number of aromatic nitrogens is 2. The Hall–Kier alpha value is -5.19. The third-order valence-electron chi connectivity index (χ3n) is 9.16. The van der Waals surface area contributed by atoms with Crippen molar-refractivity contribution in [3.8, 4) is 22.5 Å². The molecule has 0 unspecified atom stereocenters. The van der Waals surface area contributed by atoms with Crippen molar-refractivity contribution in [2.24, 2.45) is 0 Å². The molecule has 5 heteroatoms. The molecule has 0 saturated carbocycles. The average molecular weight is 840 g/mol. The van der Waals surface area contributed by atoms with Gasteiger partial charge in [-0.2, -0.15) is 0 Å². The van der Waals surface area contributed by atoms with Crippen LogP contribution in [0.2, 0.25) is 0 Å². The summed E-state index contributed by atoms with van der Waals surface area (Å²) in [6.07, 6.45) is 3.58. The maximum absolute atomic E-state index is 8.22. The van der Waals surface area contributed by atoms with E-state index in [1.807, 2.05) is 56.3 Å². The quantitative estimate of drug-likeness (QED) is 0.131. The molecule has 0 aliphatic heterocycles. The van der Waals surface area contributed by atoms with Crippen LogP contribution in [0.15, 0.2) is 144 Å². The Morgan fingerprint density at radius 3 is 2.26 bits per heavy atom. The van der Waals surface area contributed by atoms with Crippen LogP contribution in [0.25, 0.3) is 86.2 Å². The van der Waals surface area contributed by atoms with Crippen LogP contribution < -0.4 is 0 Å². The second-order valence-electron chi connectivity index (χ2n) is 12.4. The summed E-state index contributed by atoms with van der Waals surface area (Å²) in [5, 5.41) is 9.65. The second-order valence-corrected chi connectivity index (χ2v) is 13.4. The largest absolute Gasteiger partial charge is 0.499 e. The molecule has 6 aromatic carbocycles. The molecule has 1 radical (unpaired) electrons. The van der Waals surface area contributed by atoms with Crippen LogP contribution in [-0.2, 0) is 20.1 Å². The molecule has 0 N–H and O–H groups in total. The molecule has 0 fully saturated rings. The number of furan rings is 1. The van der Waals surface area contributed by atoms with Crippen LogP contribution in [0.3, 0.4) is 0 Å². The Kier molecular flexibility index (Phi) is 8.18. The SMILES string of the molecule is [2H]C(C)(C)c1ccnc(-c2[c-]cc3c(ccc4ccccc43)c2)c1.[Ir].[c-]1ccc2c(oc3c2ccc2c4ccccc4sc23)c1-c1ccccn1. The van der Waals surface area contributed by atoms with Gasteiger partial charge in [0, 0.05) is 54.7 Å². The van der Waals surface area contributed by atoms with Crippen molar-refractivity contribution in [1.82, 2.24) is 9.97 Å². The van der Waals surface area contributed by atoms with E-state index in [1.165, 1.54) is 41.7 Å². The summed E-state index contributed by atoms with van der Waals surface area (Å²) in [7, 11) is 0. The Labute approximate surface area is 309 Å². The maximum atomic E-state index is 8.22. The van der Waals surface area contributed by atoms with Gasteiger partial charge in [0.15, 0.2) is 0 Å². The molecule has 0 atom stereocenters. The summed E-state index contributed by atoms with van der Waals surface area (Å²) in [5.74, 6) is -0.634. The molecular formula is C45H30IrN2OS-2. The van der Waals surface area contributed by atoms with Crippen LogP contribution in [-0.4, -0.2) is 9.97 Å². The molecule has 4 heterocycles. The molecule has 3 nitrogen and oxygen atoms in total. The van der Waals surface area contributed by atoms with Crippen LogP contribution >= 0.6 is 11.3 Å². The Morgan fingerprint density at radius 2 is 1.40 bits per heavy atom. The third-order valence-corrected chi connectivity index (χ3v) is 10.3. The second kappa shape index (κ2) is 13.3. The zero-order valence-electron chi connectivity index (χ0n) is 28.3. The van der Waals surface area contributed by atoms with Crippen molar-refractivity contribution in [3.63, 3.8) is 0 Å². The number of rotatable bonds is 3. The molecule has 0 aliphatic carbocycles. The average Bonchev–Trinajstić information content (AvgIpc) is 3.74. The predicted octanol–water partition coefficient (Wildman–Crippen LogP) is 12.8. The number of benzene rings is 6. The molecule has 10 rings (SSSR count). The van der Waals surface area contributed by atoms with Gasteiger partial charge in [0.25, 0.3) is 0 Å². The van der Waals surface area contributed by atoms with E-state index < -0.39 is 5.89 Å². The van der Waals surface area contributed by atoms with Crippen LogP contribution in [0, 0.1) is 12.1 Å². The van der Waals surface area contributed by atoms with Gasteiger partial charge in [-0.1, -0.05) is 126 Å². The number of pyridine rings is 2. The van der Waals surface area contributed by atoms with Gasteiger partial charge < -0.3 is 14.4 Å². The topological polar surface area (TPSA) is 38.9 Å². The summed E-state index contributed by atoms with van der Waals surface area (Å²) in [6, 6.07) is 50.3. The van der Waals surface area contributed by atoms with Crippen molar-refractivity contribution >= 4 is 75.0 Å². The number of hydrogen-bond acceptors (Lipinski definition) is 4. The van der Waals surface area contributed by atoms with E-state index in [2.05, 4.69) is 107 Å². The van der Waals surface area contributed by atoms with Crippen molar-refractivity contribution in [2.45, 2.75) is 19.7 Å². The first-order valence-electron chi connectivity index (χ1n) is 16.8. The van der Waals surface area contributed by atoms with Gasteiger partial charge in [0.1, 0.15) is 5.58 Å². The van der Waals surface area contributed by atoms with Gasteiger partial charge in [0.2, 0.25) is 0 Å². The smallest absolute Gasteiger partial charge is 0.138 e. The summed E-state index contributed by atoms with van der Waals surface area (Å²) in [4.78, 5) is 8.96. The summed E-state index contributed by atoms with van der Waals surface area (Å²) in [6.45, 7) is 3.78. The molecule has 0 bridgehead atoms. The first-order chi connectivity index (χ1) is 24.4. The number of fused-ring (bicyclic) bond motifs is 10. The van der Waals surface area contributed by atoms with Crippen molar-refractivity contribution in [3.05, 3.63) is 157 Å². The van der Waals surface area contributed by atoms with Gasteiger partial charge in [-0.15, -0.1) is 58.7 Å². The minimum Gasteiger partial charge on any atom is -0.499 e. The normalized spacial score (nSPS) is 11.9. The van der Waals surface area contributed by atoms with Gasteiger partial charge >= 0.3 is 0 Å². The van der Waals surface area contributed by atoms with E-state index in [0.29, 0.717) is 0 Å². The van der Waals surface area contributed by atoms with Crippen molar-refractivity contribution < 1.29 is 25.9 Å². The van der Waals surface area contributed by atoms with Crippen LogP contribution in [0.1, 0.15) is 26.7 Å². The van der Waals surface area contributed by atoms with Gasteiger partial charge in [0.05, 0.1) is 10.3 Å². The number of nitrogens with zero attached hydrogens (tertiary/aromatic N) is 2. The fraction of sp³-hybridized carbons (Fsp3) is 0.0667. The molecule has 0 saturated heterocycles. The fourth-order valence-electron chi connectivity index (χ4n) is 6.67. The Bertz CT molecular complexity index is 2870. The molecule has 243 valence electrons. The van der Waals surface area contributed by atoms with E-state index >= 15 is 0 Å². The number of thiophene rings is 1. The zero-order chi connectivity index (χ0) is 33.8. The summed E-state index contributed by atoms with van der Waals surface area (Å²) >= 11 is 1.79. The monoisotopic (exact) mass is 840 g/mol. The van der Waals surface area contributed by atoms with Gasteiger partial charge in [-0.3, -0.25) is 0 Å². The summed E-state index contributed by atoms with van der Waals surface area (Å²) in [5.41, 5.74) is 6.38. The first kappa shape index (κ1) is 30.8. The summed E-state index contributed by atoms with van der Waals surface area (Å²) < 4.78 is 17.1. The minimum atomic E-state index is -0.634. The molecule has 0 amide bonds. The Morgan fingerprint density at radius 1 is 0.640 bits per heavy atom. The third kappa shape index (κ3) is 5.58. The zero-order valence-corrected chi connectivity index (χ0v) is 30.5. The van der Waals surface area contributed by atoms with E-state index in [9.17, 15) is 0 Å². The van der Waals surface area contributed by atoms with E-state index in [0.717, 1.165) is 50.0 Å². The fourth-order valence-corrected chi connectivity index (χ4v) is 7.85. The maximum Gasteiger partial charge on any atom is 0.138 e. The van der Waals surface area contributed by atoms with Crippen LogP contribution in [0.4, 0.5) is 0 Å². The standard InChI is InChI=1S/C23H12NOS.C22H18N.Ir/c1-2-10-20-14(6-1)17-12-11-16-15-7-5-8-18(19-9-3-4-13-24-19)21(15)25-22(16)23(17)26-20;1-15(2)17-11-12-23-22(14-17)19-9-10-21-18(13-19)8-7-16-5-3-4-6-20(16)21;/h1-7,9-13H;3-8,10-15H,1-2H3;/q2*-1;/i;15D;. The van der Waals surface area contributed by atoms with E-state index in [1.54, 1.807) is 23.7 Å². The van der Waals surface area contributed by atoms with Gasteiger partial charge in [-0.25, -0.2) is 0 Å². The predicted molar refractivity (Wildman–Crippen MR) is 206 cm³/mol. The molecular weight excluding hydrogens is 809 g/mol. The first-order valence-corrected chi connectivity index (χ1v) is 17.1. The minimum absolute atomic E-state index is 0. The molecule has 10 aromatic rings. The van der Waals surface area contributed by atoms with Gasteiger partial charge in [-0.05, 0) is 40.9 Å². The Balaban J connectivity index is 0.000000144. The van der Waals surface area contributed by atoms with E-state index in [4.69, 9.17) is 5.79 Å². The van der Waals surface area contributed by atoms with Crippen LogP contribution in [0.5, 0.6) is 0 Å². The molecule has 50 heavy (non-hydrogen) atoms. The molecule has 4 aromatic heterocycles. The van der Waals surface area contributed by atoms with Crippen molar-refractivity contribution in [1.29, 1.82) is 0 Å². The van der Waals surface area contributed by atoms with E-state index in [-0.39, 0.29) is 20.1 Å².